The van der Waals surface area contributed by atoms with Crippen LogP contribution in [0.5, 0.6) is 0 Å². The number of para-hydroxylation sites is 1. The molecular formula is C17H25NO4. The molecule has 0 aliphatic heterocycles. The Morgan fingerprint density at radius 1 is 1.18 bits per heavy atom. The number of aryl methyl sites for hydroxylation is 2. The minimum absolute atomic E-state index is 0.262. The first-order chi connectivity index (χ1) is 10.4. The Hall–Kier alpha value is -2.04. The second-order valence-corrected chi connectivity index (χ2v) is 5.16. The first-order valence-corrected chi connectivity index (χ1v) is 7.62. The number of nitrogens with one attached hydrogen (secondary N) is 1. The number of carbonyl (C=O) groups excluding carboxylic acids is 2. The summed E-state index contributed by atoms with van der Waals surface area (Å²) >= 11 is 0. The van der Waals surface area contributed by atoms with Gasteiger partial charge in [0.25, 0.3) is 0 Å². The molecular weight excluding hydrogens is 282 g/mol. The van der Waals surface area contributed by atoms with Gasteiger partial charge in [0.2, 0.25) is 0 Å². The molecule has 0 radical (unpaired) electrons. The zero-order chi connectivity index (χ0) is 16.7. The molecule has 0 spiro atoms. The van der Waals surface area contributed by atoms with Crippen LogP contribution in [0, 0.1) is 6.92 Å². The summed E-state index contributed by atoms with van der Waals surface area (Å²) in [5.74, 6) is -1.01. The molecule has 1 unspecified atom stereocenters. The number of hydrogen-bond acceptors (Lipinski definition) is 5. The van der Waals surface area contributed by atoms with Crippen molar-refractivity contribution in [2.45, 2.75) is 53.2 Å². The van der Waals surface area contributed by atoms with Crippen molar-refractivity contribution in [1.82, 2.24) is 0 Å². The Labute approximate surface area is 132 Å². The van der Waals surface area contributed by atoms with Crippen LogP contribution in [0.25, 0.3) is 0 Å². The van der Waals surface area contributed by atoms with E-state index in [0.717, 1.165) is 23.2 Å². The fraction of sp³-hybridized carbons (Fsp3) is 0.529. The van der Waals surface area contributed by atoms with Gasteiger partial charge in [0, 0.05) is 5.69 Å². The van der Waals surface area contributed by atoms with Gasteiger partial charge in [-0.2, -0.15) is 0 Å². The van der Waals surface area contributed by atoms with E-state index >= 15 is 0 Å². The van der Waals surface area contributed by atoms with Crippen molar-refractivity contribution >= 4 is 17.6 Å². The first-order valence-electron chi connectivity index (χ1n) is 7.62. The van der Waals surface area contributed by atoms with E-state index in [1.54, 1.807) is 13.8 Å². The third kappa shape index (κ3) is 4.76. The summed E-state index contributed by atoms with van der Waals surface area (Å²) in [5.41, 5.74) is 3.15. The van der Waals surface area contributed by atoms with E-state index in [-0.39, 0.29) is 6.61 Å². The topological polar surface area (TPSA) is 64.6 Å². The van der Waals surface area contributed by atoms with Gasteiger partial charge < -0.3 is 14.8 Å². The fourth-order valence-electron chi connectivity index (χ4n) is 2.09. The van der Waals surface area contributed by atoms with Crippen LogP contribution in [0.15, 0.2) is 18.2 Å². The number of carbonyl (C=O) groups is 2. The van der Waals surface area contributed by atoms with E-state index < -0.39 is 24.1 Å². The molecule has 5 heteroatoms. The van der Waals surface area contributed by atoms with Gasteiger partial charge in [0.1, 0.15) is 6.04 Å². The van der Waals surface area contributed by atoms with Crippen molar-refractivity contribution in [2.75, 3.05) is 11.9 Å². The van der Waals surface area contributed by atoms with Gasteiger partial charge in [-0.3, -0.25) is 0 Å². The zero-order valence-electron chi connectivity index (χ0n) is 13.9. The third-order valence-electron chi connectivity index (χ3n) is 3.37. The lowest BCUT2D eigenvalue weighted by atomic mass is 10.1. The van der Waals surface area contributed by atoms with Gasteiger partial charge in [-0.15, -0.1) is 0 Å². The van der Waals surface area contributed by atoms with Crippen molar-refractivity contribution in [3.63, 3.8) is 0 Å². The molecule has 0 aromatic heterocycles. The number of rotatable bonds is 7. The molecule has 0 heterocycles. The lowest BCUT2D eigenvalue weighted by Gasteiger charge is -2.20. The molecule has 5 nitrogen and oxygen atoms in total. The number of hydrogen-bond donors (Lipinski definition) is 1. The molecule has 0 aliphatic rings. The van der Waals surface area contributed by atoms with Crippen molar-refractivity contribution in [3.05, 3.63) is 29.3 Å². The fourth-order valence-corrected chi connectivity index (χ4v) is 2.09. The van der Waals surface area contributed by atoms with Crippen LogP contribution in [-0.2, 0) is 25.5 Å². The van der Waals surface area contributed by atoms with Crippen molar-refractivity contribution in [2.24, 2.45) is 0 Å². The summed E-state index contributed by atoms with van der Waals surface area (Å²) in [4.78, 5) is 23.6. The zero-order valence-corrected chi connectivity index (χ0v) is 13.9. The van der Waals surface area contributed by atoms with Gasteiger partial charge in [0.05, 0.1) is 6.61 Å². The van der Waals surface area contributed by atoms with Crippen LogP contribution in [0.4, 0.5) is 5.69 Å². The molecule has 0 fully saturated rings. The molecule has 1 aromatic carbocycles. The molecule has 0 aliphatic carbocycles. The number of benzene rings is 1. The number of esters is 2. The lowest BCUT2D eigenvalue weighted by molar-refractivity contribution is -0.166. The van der Waals surface area contributed by atoms with Gasteiger partial charge in [-0.1, -0.05) is 25.1 Å². The predicted octanol–water partition coefficient (Wildman–Crippen LogP) is 2.85. The van der Waals surface area contributed by atoms with Gasteiger partial charge in [-0.25, -0.2) is 9.59 Å². The van der Waals surface area contributed by atoms with Crippen LogP contribution >= 0.6 is 0 Å². The van der Waals surface area contributed by atoms with Crippen LogP contribution in [0.1, 0.15) is 38.8 Å². The molecule has 0 amide bonds. The predicted molar refractivity (Wildman–Crippen MR) is 85.8 cm³/mol. The molecule has 0 bridgehead atoms. The second kappa shape index (κ2) is 8.41. The quantitative estimate of drug-likeness (QED) is 0.785. The summed E-state index contributed by atoms with van der Waals surface area (Å²) in [7, 11) is 0. The second-order valence-electron chi connectivity index (χ2n) is 5.16. The van der Waals surface area contributed by atoms with E-state index in [0.29, 0.717) is 0 Å². The molecule has 0 saturated heterocycles. The highest BCUT2D eigenvalue weighted by Gasteiger charge is 2.23. The van der Waals surface area contributed by atoms with Crippen molar-refractivity contribution in [1.29, 1.82) is 0 Å². The average Bonchev–Trinajstić information content (AvgIpc) is 2.49. The lowest BCUT2D eigenvalue weighted by Crippen LogP contribution is -2.34. The third-order valence-corrected chi connectivity index (χ3v) is 3.37. The Kier molecular flexibility index (Phi) is 6.89. The summed E-state index contributed by atoms with van der Waals surface area (Å²) < 4.78 is 9.96. The largest absolute Gasteiger partial charge is 0.463 e. The maximum atomic E-state index is 12.1. The molecule has 122 valence electrons. The molecule has 1 N–H and O–H groups in total. The highest BCUT2D eigenvalue weighted by molar-refractivity contribution is 5.83. The minimum atomic E-state index is -0.904. The number of ether oxygens (including phenoxy) is 2. The van der Waals surface area contributed by atoms with Crippen LogP contribution in [0.2, 0.25) is 0 Å². The normalized spacial score (nSPS) is 13.1. The monoisotopic (exact) mass is 307 g/mol. The van der Waals surface area contributed by atoms with Crippen LogP contribution < -0.4 is 5.32 Å². The van der Waals surface area contributed by atoms with Gasteiger partial charge >= 0.3 is 11.9 Å². The van der Waals surface area contributed by atoms with E-state index in [2.05, 4.69) is 12.2 Å². The molecule has 1 rings (SSSR count). The smallest absolute Gasteiger partial charge is 0.347 e. The summed E-state index contributed by atoms with van der Waals surface area (Å²) in [6.07, 6.45) is -0.0374. The summed E-state index contributed by atoms with van der Waals surface area (Å²) in [6.45, 7) is 9.24. The molecule has 1 aromatic rings. The highest BCUT2D eigenvalue weighted by Crippen LogP contribution is 2.22. The van der Waals surface area contributed by atoms with Gasteiger partial charge in [-0.05, 0) is 45.2 Å². The van der Waals surface area contributed by atoms with E-state index in [9.17, 15) is 9.59 Å². The molecule has 0 saturated carbocycles. The maximum absolute atomic E-state index is 12.1. The van der Waals surface area contributed by atoms with Crippen LogP contribution in [-0.4, -0.2) is 30.7 Å². The standard InChI is InChI=1S/C17H25NO4/c1-6-14-10-8-9-11(3)15(14)18-12(4)16(19)22-13(5)17(20)21-7-2/h8-10,12-13,18H,6-7H2,1-5H3/t12-,13?/m0/s1. The summed E-state index contributed by atoms with van der Waals surface area (Å²) in [5, 5.41) is 3.18. The highest BCUT2D eigenvalue weighted by atomic mass is 16.6. The minimum Gasteiger partial charge on any atom is -0.463 e. The SMILES string of the molecule is CCOC(=O)C(C)OC(=O)[C@H](C)Nc1c(C)cccc1CC. The Balaban J connectivity index is 2.71. The summed E-state index contributed by atoms with van der Waals surface area (Å²) in [6, 6.07) is 5.45. The number of anilines is 1. The van der Waals surface area contributed by atoms with Gasteiger partial charge in [0.15, 0.2) is 6.10 Å². The van der Waals surface area contributed by atoms with Crippen molar-refractivity contribution < 1.29 is 19.1 Å². The Morgan fingerprint density at radius 3 is 2.45 bits per heavy atom. The van der Waals surface area contributed by atoms with Crippen molar-refractivity contribution in [3.8, 4) is 0 Å². The molecule has 2 atom stereocenters. The Bertz CT molecular complexity index is 527. The Morgan fingerprint density at radius 2 is 1.86 bits per heavy atom. The van der Waals surface area contributed by atoms with Crippen LogP contribution in [0.3, 0.4) is 0 Å². The van der Waals surface area contributed by atoms with E-state index in [1.807, 2.05) is 25.1 Å². The molecule has 22 heavy (non-hydrogen) atoms. The average molecular weight is 307 g/mol. The first kappa shape index (κ1) is 18.0. The maximum Gasteiger partial charge on any atom is 0.347 e. The van der Waals surface area contributed by atoms with E-state index in [1.165, 1.54) is 6.92 Å². The van der Waals surface area contributed by atoms with E-state index in [4.69, 9.17) is 9.47 Å².